The summed E-state index contributed by atoms with van der Waals surface area (Å²) in [5.41, 5.74) is 0. The zero-order valence-corrected chi connectivity index (χ0v) is 12.1. The molecular weight excluding hydrogens is 244 g/mol. The van der Waals surface area contributed by atoms with E-state index in [0.29, 0.717) is 18.6 Å². The van der Waals surface area contributed by atoms with Crippen LogP contribution in [0, 0.1) is 0 Å². The van der Waals surface area contributed by atoms with E-state index in [1.807, 2.05) is 0 Å². The Morgan fingerprint density at radius 2 is 1.74 bits per heavy atom. The van der Waals surface area contributed by atoms with E-state index in [9.17, 15) is 0 Å². The van der Waals surface area contributed by atoms with E-state index in [1.165, 1.54) is 26.4 Å². The molecular formula is C13H24N4O2. The number of methoxy groups -OCH3 is 1. The third-order valence-corrected chi connectivity index (χ3v) is 2.54. The second kappa shape index (κ2) is 9.35. The first-order valence-electron chi connectivity index (χ1n) is 6.96. The first-order valence-corrected chi connectivity index (χ1v) is 6.96. The van der Waals surface area contributed by atoms with Gasteiger partial charge in [-0.1, -0.05) is 33.1 Å². The maximum absolute atomic E-state index is 5.53. The molecule has 6 nitrogen and oxygen atoms in total. The fourth-order valence-corrected chi connectivity index (χ4v) is 1.50. The third-order valence-electron chi connectivity index (χ3n) is 2.54. The SMILES string of the molecule is CCCCCCOc1nc(NCCC)nc(OC)n1. The maximum atomic E-state index is 5.53. The third kappa shape index (κ3) is 6.22. The highest BCUT2D eigenvalue weighted by atomic mass is 16.5. The Morgan fingerprint density at radius 3 is 2.42 bits per heavy atom. The Morgan fingerprint density at radius 1 is 0.947 bits per heavy atom. The van der Waals surface area contributed by atoms with Gasteiger partial charge in [0, 0.05) is 6.54 Å². The van der Waals surface area contributed by atoms with Gasteiger partial charge in [0.25, 0.3) is 0 Å². The normalized spacial score (nSPS) is 10.3. The molecule has 0 spiro atoms. The van der Waals surface area contributed by atoms with Crippen molar-refractivity contribution in [2.75, 3.05) is 25.6 Å². The summed E-state index contributed by atoms with van der Waals surface area (Å²) >= 11 is 0. The van der Waals surface area contributed by atoms with Gasteiger partial charge in [-0.25, -0.2) is 0 Å². The minimum absolute atomic E-state index is 0.275. The lowest BCUT2D eigenvalue weighted by atomic mass is 10.2. The number of unbranched alkanes of at least 4 members (excludes halogenated alkanes) is 3. The van der Waals surface area contributed by atoms with Crippen LogP contribution >= 0.6 is 0 Å². The second-order valence-electron chi connectivity index (χ2n) is 4.26. The maximum Gasteiger partial charge on any atom is 0.324 e. The predicted octanol–water partition coefficient (Wildman–Crippen LogP) is 2.66. The molecule has 0 saturated carbocycles. The topological polar surface area (TPSA) is 69.2 Å². The van der Waals surface area contributed by atoms with Crippen molar-refractivity contribution in [2.24, 2.45) is 0 Å². The quantitative estimate of drug-likeness (QED) is 0.658. The average molecular weight is 268 g/mol. The van der Waals surface area contributed by atoms with Crippen LogP contribution in [-0.4, -0.2) is 35.2 Å². The molecule has 0 radical (unpaired) electrons. The van der Waals surface area contributed by atoms with E-state index in [4.69, 9.17) is 9.47 Å². The van der Waals surface area contributed by atoms with E-state index < -0.39 is 0 Å². The standard InChI is InChI=1S/C13H24N4O2/c1-4-6-7-8-10-19-13-16-11(14-9-5-2)15-12(17-13)18-3/h4-10H2,1-3H3,(H,14,15,16,17). The highest BCUT2D eigenvalue weighted by Gasteiger charge is 2.07. The monoisotopic (exact) mass is 268 g/mol. The van der Waals surface area contributed by atoms with Crippen molar-refractivity contribution in [1.82, 2.24) is 15.0 Å². The number of nitrogens with one attached hydrogen (secondary N) is 1. The van der Waals surface area contributed by atoms with Crippen molar-refractivity contribution in [3.05, 3.63) is 0 Å². The Bertz CT molecular complexity index is 360. The van der Waals surface area contributed by atoms with E-state index in [2.05, 4.69) is 34.1 Å². The van der Waals surface area contributed by atoms with Crippen molar-refractivity contribution >= 4 is 5.95 Å². The van der Waals surface area contributed by atoms with Gasteiger partial charge in [-0.3, -0.25) is 0 Å². The van der Waals surface area contributed by atoms with E-state index in [-0.39, 0.29) is 6.01 Å². The lowest BCUT2D eigenvalue weighted by molar-refractivity contribution is 0.272. The van der Waals surface area contributed by atoms with Crippen LogP contribution in [0.4, 0.5) is 5.95 Å². The van der Waals surface area contributed by atoms with Crippen LogP contribution in [-0.2, 0) is 0 Å². The Balaban J connectivity index is 2.50. The molecule has 19 heavy (non-hydrogen) atoms. The van der Waals surface area contributed by atoms with Crippen molar-refractivity contribution in [3.63, 3.8) is 0 Å². The minimum atomic E-state index is 0.275. The van der Waals surface area contributed by atoms with E-state index >= 15 is 0 Å². The molecule has 0 aliphatic rings. The van der Waals surface area contributed by atoms with E-state index in [1.54, 1.807) is 0 Å². The molecule has 0 saturated heterocycles. The molecule has 0 bridgehead atoms. The zero-order valence-electron chi connectivity index (χ0n) is 12.1. The van der Waals surface area contributed by atoms with Crippen LogP contribution in [0.1, 0.15) is 46.0 Å². The Hall–Kier alpha value is -1.59. The molecule has 1 heterocycles. The van der Waals surface area contributed by atoms with Crippen LogP contribution in [0.2, 0.25) is 0 Å². The van der Waals surface area contributed by atoms with Gasteiger partial charge in [-0.05, 0) is 12.8 Å². The first kappa shape index (κ1) is 15.5. The fourth-order valence-electron chi connectivity index (χ4n) is 1.50. The molecule has 1 aromatic rings. The number of nitrogens with zero attached hydrogens (tertiary/aromatic N) is 3. The van der Waals surface area contributed by atoms with Gasteiger partial charge in [-0.2, -0.15) is 9.97 Å². The summed E-state index contributed by atoms with van der Waals surface area (Å²) < 4.78 is 10.6. The Labute approximate surface area is 115 Å². The summed E-state index contributed by atoms with van der Waals surface area (Å²) in [4.78, 5) is 12.4. The summed E-state index contributed by atoms with van der Waals surface area (Å²) in [6.45, 7) is 5.70. The molecule has 0 aliphatic carbocycles. The Kier molecular flexibility index (Phi) is 7.62. The van der Waals surface area contributed by atoms with Gasteiger partial charge in [0.15, 0.2) is 0 Å². The molecule has 0 unspecified atom stereocenters. The van der Waals surface area contributed by atoms with Gasteiger partial charge in [0.2, 0.25) is 5.95 Å². The molecule has 6 heteroatoms. The van der Waals surface area contributed by atoms with Crippen molar-refractivity contribution in [2.45, 2.75) is 46.0 Å². The molecule has 0 aromatic carbocycles. The molecule has 108 valence electrons. The van der Waals surface area contributed by atoms with Gasteiger partial charge >= 0.3 is 12.0 Å². The largest absolute Gasteiger partial charge is 0.467 e. The number of aromatic nitrogens is 3. The van der Waals surface area contributed by atoms with Crippen LogP contribution in [0.5, 0.6) is 12.0 Å². The summed E-state index contributed by atoms with van der Waals surface area (Å²) in [5, 5.41) is 3.10. The number of hydrogen-bond acceptors (Lipinski definition) is 6. The molecule has 0 fully saturated rings. The van der Waals surface area contributed by atoms with Crippen molar-refractivity contribution < 1.29 is 9.47 Å². The molecule has 1 aromatic heterocycles. The number of rotatable bonds is 10. The fraction of sp³-hybridized carbons (Fsp3) is 0.769. The van der Waals surface area contributed by atoms with E-state index in [0.717, 1.165) is 19.4 Å². The van der Waals surface area contributed by atoms with Crippen LogP contribution in [0.3, 0.4) is 0 Å². The zero-order chi connectivity index (χ0) is 13.9. The number of anilines is 1. The van der Waals surface area contributed by atoms with Crippen molar-refractivity contribution in [3.8, 4) is 12.0 Å². The summed E-state index contributed by atoms with van der Waals surface area (Å²) in [5.74, 6) is 0.497. The highest BCUT2D eigenvalue weighted by molar-refractivity contribution is 5.27. The lowest BCUT2D eigenvalue weighted by Crippen LogP contribution is -2.09. The first-order chi connectivity index (χ1) is 9.30. The highest BCUT2D eigenvalue weighted by Crippen LogP contribution is 2.13. The minimum Gasteiger partial charge on any atom is -0.467 e. The predicted molar refractivity (Wildman–Crippen MR) is 74.8 cm³/mol. The van der Waals surface area contributed by atoms with Crippen LogP contribution in [0.15, 0.2) is 0 Å². The van der Waals surface area contributed by atoms with Crippen LogP contribution < -0.4 is 14.8 Å². The number of ether oxygens (including phenoxy) is 2. The molecule has 0 aliphatic heterocycles. The molecule has 0 amide bonds. The van der Waals surface area contributed by atoms with Gasteiger partial charge < -0.3 is 14.8 Å². The summed E-state index contributed by atoms with van der Waals surface area (Å²) in [6, 6.07) is 0.596. The smallest absolute Gasteiger partial charge is 0.324 e. The number of hydrogen-bond donors (Lipinski definition) is 1. The average Bonchev–Trinajstić information content (AvgIpc) is 2.44. The second-order valence-corrected chi connectivity index (χ2v) is 4.26. The van der Waals surface area contributed by atoms with Gasteiger partial charge in [0.1, 0.15) is 0 Å². The molecule has 1 rings (SSSR count). The van der Waals surface area contributed by atoms with Gasteiger partial charge in [0.05, 0.1) is 13.7 Å². The van der Waals surface area contributed by atoms with Crippen LogP contribution in [0.25, 0.3) is 0 Å². The molecule has 0 atom stereocenters. The van der Waals surface area contributed by atoms with Crippen molar-refractivity contribution in [1.29, 1.82) is 0 Å². The summed E-state index contributed by atoms with van der Waals surface area (Å²) in [6.07, 6.45) is 5.62. The summed E-state index contributed by atoms with van der Waals surface area (Å²) in [7, 11) is 1.53. The molecule has 1 N–H and O–H groups in total. The lowest BCUT2D eigenvalue weighted by Gasteiger charge is -2.08. The van der Waals surface area contributed by atoms with Gasteiger partial charge in [-0.15, -0.1) is 4.98 Å².